The number of rotatable bonds is 5. The molecule has 1 unspecified atom stereocenters. The normalized spacial score (nSPS) is 29.1. The lowest BCUT2D eigenvalue weighted by Gasteiger charge is -2.38. The lowest BCUT2D eigenvalue weighted by atomic mass is 9.78. The monoisotopic (exact) mass is 295 g/mol. The molecule has 0 aromatic heterocycles. The van der Waals surface area contributed by atoms with E-state index in [4.69, 9.17) is 4.74 Å². The molecule has 1 amide bonds. The molecule has 0 spiro atoms. The molecule has 0 aromatic carbocycles. The Morgan fingerprint density at radius 2 is 1.57 bits per heavy atom. The van der Waals surface area contributed by atoms with Crippen molar-refractivity contribution in [1.82, 2.24) is 4.90 Å². The third kappa shape index (κ3) is 3.61. The molecule has 3 nitrogen and oxygen atoms in total. The summed E-state index contributed by atoms with van der Waals surface area (Å²) in [6, 6.07) is 0.951. The molecule has 3 heteroatoms. The van der Waals surface area contributed by atoms with E-state index in [1.54, 1.807) is 0 Å². The zero-order valence-electron chi connectivity index (χ0n) is 14.3. The summed E-state index contributed by atoms with van der Waals surface area (Å²) in [6.07, 6.45) is 6.69. The van der Waals surface area contributed by atoms with Crippen molar-refractivity contribution >= 4 is 5.91 Å². The Morgan fingerprint density at radius 1 is 1.05 bits per heavy atom. The van der Waals surface area contributed by atoms with Gasteiger partial charge in [0, 0.05) is 31.2 Å². The van der Waals surface area contributed by atoms with Gasteiger partial charge in [-0.1, -0.05) is 27.7 Å². The predicted molar refractivity (Wildman–Crippen MR) is 86.1 cm³/mol. The van der Waals surface area contributed by atoms with Crippen molar-refractivity contribution in [3.8, 4) is 0 Å². The van der Waals surface area contributed by atoms with Crippen molar-refractivity contribution in [2.75, 3.05) is 13.2 Å². The van der Waals surface area contributed by atoms with Gasteiger partial charge >= 0.3 is 0 Å². The molecular formula is C18H33NO2. The van der Waals surface area contributed by atoms with Gasteiger partial charge in [-0.25, -0.2) is 0 Å². The minimum Gasteiger partial charge on any atom is -0.381 e. The van der Waals surface area contributed by atoms with Gasteiger partial charge in [0.05, 0.1) is 0 Å². The van der Waals surface area contributed by atoms with E-state index in [2.05, 4.69) is 32.6 Å². The van der Waals surface area contributed by atoms with Gasteiger partial charge in [-0.05, 0) is 50.4 Å². The molecule has 0 aliphatic carbocycles. The molecule has 21 heavy (non-hydrogen) atoms. The number of hydrogen-bond acceptors (Lipinski definition) is 2. The van der Waals surface area contributed by atoms with Crippen molar-refractivity contribution in [2.24, 2.45) is 17.8 Å². The number of ether oxygens (including phenoxy) is 1. The van der Waals surface area contributed by atoms with Crippen LogP contribution in [0.2, 0.25) is 0 Å². The molecule has 2 fully saturated rings. The van der Waals surface area contributed by atoms with E-state index < -0.39 is 0 Å². The first-order valence-corrected chi connectivity index (χ1v) is 9.00. The summed E-state index contributed by atoms with van der Waals surface area (Å²) in [6.45, 7) is 10.5. The fraction of sp³-hybridized carbons (Fsp3) is 0.944. The summed E-state index contributed by atoms with van der Waals surface area (Å²) in [4.78, 5) is 15.6. The van der Waals surface area contributed by atoms with Gasteiger partial charge in [-0.3, -0.25) is 4.79 Å². The summed E-state index contributed by atoms with van der Waals surface area (Å²) in [5.41, 5.74) is 0. The third-order valence-corrected chi connectivity index (χ3v) is 5.59. The van der Waals surface area contributed by atoms with Gasteiger partial charge in [-0.15, -0.1) is 0 Å². The minimum atomic E-state index is 0.190. The molecule has 2 saturated heterocycles. The highest BCUT2D eigenvalue weighted by molar-refractivity contribution is 5.80. The number of amides is 1. The number of carbonyl (C=O) groups is 1. The van der Waals surface area contributed by atoms with E-state index in [0.717, 1.165) is 38.9 Å². The molecule has 0 aromatic rings. The number of carbonyl (C=O) groups excluding carboxylic acids is 1. The van der Waals surface area contributed by atoms with Crippen molar-refractivity contribution in [3.05, 3.63) is 0 Å². The number of likely N-dealkylation sites (tertiary alicyclic amines) is 1. The van der Waals surface area contributed by atoms with Crippen LogP contribution in [-0.4, -0.2) is 36.1 Å². The first-order valence-electron chi connectivity index (χ1n) is 9.00. The van der Waals surface area contributed by atoms with E-state index in [-0.39, 0.29) is 5.92 Å². The van der Waals surface area contributed by atoms with E-state index in [1.807, 2.05) is 0 Å². The second-order valence-electron chi connectivity index (χ2n) is 7.17. The first-order chi connectivity index (χ1) is 10.1. The van der Waals surface area contributed by atoms with Gasteiger partial charge in [-0.2, -0.15) is 0 Å². The summed E-state index contributed by atoms with van der Waals surface area (Å²) in [5.74, 6) is 1.57. The summed E-state index contributed by atoms with van der Waals surface area (Å²) in [7, 11) is 0. The molecule has 0 N–H and O–H groups in total. The van der Waals surface area contributed by atoms with Crippen LogP contribution in [0.25, 0.3) is 0 Å². The molecule has 2 aliphatic heterocycles. The first kappa shape index (κ1) is 16.8. The second kappa shape index (κ2) is 7.62. The Morgan fingerprint density at radius 3 is 2.00 bits per heavy atom. The highest BCUT2D eigenvalue weighted by atomic mass is 16.5. The van der Waals surface area contributed by atoms with Crippen molar-refractivity contribution in [3.63, 3.8) is 0 Å². The SMILES string of the molecule is CCC1CC[C@@H](CC)N1C(=O)[C@@H](C(C)C)C1CCOCC1. The van der Waals surface area contributed by atoms with Gasteiger partial charge in [0.1, 0.15) is 0 Å². The zero-order chi connectivity index (χ0) is 15.4. The summed E-state index contributed by atoms with van der Waals surface area (Å²) < 4.78 is 5.49. The van der Waals surface area contributed by atoms with Crippen LogP contribution in [0.3, 0.4) is 0 Å². The molecule has 2 rings (SSSR count). The maximum absolute atomic E-state index is 13.3. The van der Waals surface area contributed by atoms with Crippen LogP contribution in [0.4, 0.5) is 0 Å². The molecule has 2 heterocycles. The Balaban J connectivity index is 2.16. The van der Waals surface area contributed by atoms with Gasteiger partial charge in [0.15, 0.2) is 0 Å². The molecule has 0 bridgehead atoms. The van der Waals surface area contributed by atoms with Crippen molar-refractivity contribution in [1.29, 1.82) is 0 Å². The molecule has 122 valence electrons. The van der Waals surface area contributed by atoms with Crippen LogP contribution in [0.1, 0.15) is 66.2 Å². The summed E-state index contributed by atoms with van der Waals surface area (Å²) >= 11 is 0. The molecular weight excluding hydrogens is 262 g/mol. The van der Waals surface area contributed by atoms with Gasteiger partial charge in [0.25, 0.3) is 0 Å². The molecule has 2 aliphatic rings. The van der Waals surface area contributed by atoms with E-state index in [9.17, 15) is 4.79 Å². The predicted octanol–water partition coefficient (Wildman–Crippen LogP) is 3.86. The minimum absolute atomic E-state index is 0.190. The average Bonchev–Trinajstić information content (AvgIpc) is 2.91. The highest BCUT2D eigenvalue weighted by Gasteiger charge is 2.41. The second-order valence-corrected chi connectivity index (χ2v) is 7.17. The van der Waals surface area contributed by atoms with Crippen molar-refractivity contribution in [2.45, 2.75) is 78.3 Å². The summed E-state index contributed by atoms with van der Waals surface area (Å²) in [5, 5.41) is 0. The fourth-order valence-corrected chi connectivity index (χ4v) is 4.40. The quantitative estimate of drug-likeness (QED) is 0.770. The van der Waals surface area contributed by atoms with E-state index in [0.29, 0.717) is 29.8 Å². The largest absolute Gasteiger partial charge is 0.381 e. The van der Waals surface area contributed by atoms with Gasteiger partial charge in [0.2, 0.25) is 5.91 Å². The number of hydrogen-bond donors (Lipinski definition) is 0. The smallest absolute Gasteiger partial charge is 0.226 e. The van der Waals surface area contributed by atoms with Crippen LogP contribution in [0.5, 0.6) is 0 Å². The zero-order valence-corrected chi connectivity index (χ0v) is 14.3. The molecule has 0 saturated carbocycles. The third-order valence-electron chi connectivity index (χ3n) is 5.59. The van der Waals surface area contributed by atoms with Crippen LogP contribution in [-0.2, 0) is 9.53 Å². The van der Waals surface area contributed by atoms with Gasteiger partial charge < -0.3 is 9.64 Å². The van der Waals surface area contributed by atoms with E-state index >= 15 is 0 Å². The standard InChI is InChI=1S/C18H33NO2/c1-5-15-7-8-16(6-2)19(15)18(20)17(13(3)4)14-9-11-21-12-10-14/h13-17H,5-12H2,1-4H3/t15-,16?,17+/m1/s1. The topological polar surface area (TPSA) is 29.5 Å². The lowest BCUT2D eigenvalue weighted by molar-refractivity contribution is -0.143. The number of nitrogens with zero attached hydrogens (tertiary/aromatic N) is 1. The maximum Gasteiger partial charge on any atom is 0.226 e. The van der Waals surface area contributed by atoms with Crippen LogP contribution >= 0.6 is 0 Å². The molecule has 3 atom stereocenters. The highest BCUT2D eigenvalue weighted by Crippen LogP contribution is 2.36. The fourth-order valence-electron chi connectivity index (χ4n) is 4.40. The average molecular weight is 295 g/mol. The van der Waals surface area contributed by atoms with Crippen molar-refractivity contribution < 1.29 is 9.53 Å². The Labute approximate surface area is 130 Å². The Hall–Kier alpha value is -0.570. The van der Waals surface area contributed by atoms with Crippen LogP contribution in [0.15, 0.2) is 0 Å². The maximum atomic E-state index is 13.3. The van der Waals surface area contributed by atoms with E-state index in [1.165, 1.54) is 12.8 Å². The van der Waals surface area contributed by atoms with Crippen LogP contribution < -0.4 is 0 Å². The Kier molecular flexibility index (Phi) is 6.09. The van der Waals surface area contributed by atoms with Crippen LogP contribution in [0, 0.1) is 17.8 Å². The Bertz CT molecular complexity index is 324. The lowest BCUT2D eigenvalue weighted by Crippen LogP contribution is -2.48. The molecule has 0 radical (unpaired) electrons.